The molecular formula is C11H14O. The van der Waals surface area contributed by atoms with Gasteiger partial charge in [-0.1, -0.05) is 19.1 Å². The van der Waals surface area contributed by atoms with E-state index in [9.17, 15) is 0 Å². The zero-order valence-corrected chi connectivity index (χ0v) is 7.58. The van der Waals surface area contributed by atoms with Crippen molar-refractivity contribution < 1.29 is 4.74 Å². The lowest BCUT2D eigenvalue weighted by atomic mass is 10.1. The third-order valence-corrected chi connectivity index (χ3v) is 2.65. The SMILES string of the molecule is COc1ccc([C@H]2C[C@@H]2C)cc1. The van der Waals surface area contributed by atoms with E-state index >= 15 is 0 Å². The van der Waals surface area contributed by atoms with Crippen LogP contribution < -0.4 is 4.74 Å². The maximum Gasteiger partial charge on any atom is 0.118 e. The number of ether oxygens (including phenoxy) is 1. The van der Waals surface area contributed by atoms with Crippen molar-refractivity contribution in [1.29, 1.82) is 0 Å². The quantitative estimate of drug-likeness (QED) is 0.649. The number of benzene rings is 1. The Morgan fingerprint density at radius 3 is 2.25 bits per heavy atom. The van der Waals surface area contributed by atoms with Gasteiger partial charge in [-0.05, 0) is 36.0 Å². The highest BCUT2D eigenvalue weighted by atomic mass is 16.5. The van der Waals surface area contributed by atoms with Crippen LogP contribution in [0.3, 0.4) is 0 Å². The van der Waals surface area contributed by atoms with Gasteiger partial charge in [0.05, 0.1) is 7.11 Å². The Kier molecular flexibility index (Phi) is 1.80. The van der Waals surface area contributed by atoms with Crippen LogP contribution in [-0.4, -0.2) is 7.11 Å². The van der Waals surface area contributed by atoms with E-state index in [-0.39, 0.29) is 0 Å². The number of rotatable bonds is 2. The standard InChI is InChI=1S/C11H14O/c1-8-7-11(8)9-3-5-10(12-2)6-4-9/h3-6,8,11H,7H2,1-2H3/t8-,11-/m0/s1. The van der Waals surface area contributed by atoms with Gasteiger partial charge in [-0.3, -0.25) is 0 Å². The summed E-state index contributed by atoms with van der Waals surface area (Å²) in [6.07, 6.45) is 1.35. The molecule has 0 spiro atoms. The zero-order chi connectivity index (χ0) is 8.55. The van der Waals surface area contributed by atoms with Gasteiger partial charge in [-0.25, -0.2) is 0 Å². The molecule has 1 fully saturated rings. The second kappa shape index (κ2) is 2.81. The normalized spacial score (nSPS) is 26.8. The first kappa shape index (κ1) is 7.66. The van der Waals surface area contributed by atoms with Gasteiger partial charge < -0.3 is 4.74 Å². The highest BCUT2D eigenvalue weighted by Crippen LogP contribution is 2.46. The van der Waals surface area contributed by atoms with Crippen molar-refractivity contribution in [3.63, 3.8) is 0 Å². The zero-order valence-electron chi connectivity index (χ0n) is 7.58. The Balaban J connectivity index is 2.14. The molecule has 0 heterocycles. The van der Waals surface area contributed by atoms with Crippen LogP contribution in [-0.2, 0) is 0 Å². The fourth-order valence-corrected chi connectivity index (χ4v) is 1.64. The van der Waals surface area contributed by atoms with Gasteiger partial charge in [0.1, 0.15) is 5.75 Å². The molecule has 1 aliphatic carbocycles. The van der Waals surface area contributed by atoms with Gasteiger partial charge in [0.15, 0.2) is 0 Å². The molecule has 1 nitrogen and oxygen atoms in total. The van der Waals surface area contributed by atoms with Crippen LogP contribution >= 0.6 is 0 Å². The summed E-state index contributed by atoms with van der Waals surface area (Å²) in [5.74, 6) is 2.65. The Bertz CT molecular complexity index is 263. The van der Waals surface area contributed by atoms with Crippen LogP contribution in [0.15, 0.2) is 24.3 Å². The molecule has 0 amide bonds. The second-order valence-corrected chi connectivity index (χ2v) is 3.59. The van der Waals surface area contributed by atoms with Crippen LogP contribution in [0.4, 0.5) is 0 Å². The van der Waals surface area contributed by atoms with Gasteiger partial charge in [-0.15, -0.1) is 0 Å². The van der Waals surface area contributed by atoms with Crippen molar-refractivity contribution in [2.24, 2.45) is 5.92 Å². The van der Waals surface area contributed by atoms with E-state index in [1.54, 1.807) is 7.11 Å². The molecule has 0 radical (unpaired) electrons. The van der Waals surface area contributed by atoms with Gasteiger partial charge in [0.2, 0.25) is 0 Å². The molecule has 2 atom stereocenters. The Morgan fingerprint density at radius 2 is 1.83 bits per heavy atom. The summed E-state index contributed by atoms with van der Waals surface area (Å²) in [6, 6.07) is 8.43. The number of methoxy groups -OCH3 is 1. The molecule has 1 saturated carbocycles. The van der Waals surface area contributed by atoms with E-state index in [1.165, 1.54) is 12.0 Å². The maximum atomic E-state index is 5.10. The third kappa shape index (κ3) is 1.31. The Morgan fingerprint density at radius 1 is 1.25 bits per heavy atom. The highest BCUT2D eigenvalue weighted by Gasteiger charge is 2.33. The Hall–Kier alpha value is -0.980. The highest BCUT2D eigenvalue weighted by molar-refractivity contribution is 5.32. The van der Waals surface area contributed by atoms with E-state index in [2.05, 4.69) is 19.1 Å². The summed E-state index contributed by atoms with van der Waals surface area (Å²) in [6.45, 7) is 2.30. The molecule has 1 aromatic carbocycles. The van der Waals surface area contributed by atoms with E-state index < -0.39 is 0 Å². The molecule has 1 heteroatoms. The number of hydrogen-bond donors (Lipinski definition) is 0. The lowest BCUT2D eigenvalue weighted by Crippen LogP contribution is -1.84. The fourth-order valence-electron chi connectivity index (χ4n) is 1.64. The van der Waals surface area contributed by atoms with Crippen LogP contribution in [0.1, 0.15) is 24.8 Å². The van der Waals surface area contributed by atoms with Crippen LogP contribution in [0, 0.1) is 5.92 Å². The van der Waals surface area contributed by atoms with Crippen molar-refractivity contribution in [3.05, 3.63) is 29.8 Å². The summed E-state index contributed by atoms with van der Waals surface area (Å²) in [5, 5.41) is 0. The fraction of sp³-hybridized carbons (Fsp3) is 0.455. The molecular weight excluding hydrogens is 148 g/mol. The van der Waals surface area contributed by atoms with Crippen molar-refractivity contribution in [2.75, 3.05) is 7.11 Å². The maximum absolute atomic E-state index is 5.10. The first-order valence-electron chi connectivity index (χ1n) is 4.45. The van der Waals surface area contributed by atoms with Crippen molar-refractivity contribution in [2.45, 2.75) is 19.3 Å². The van der Waals surface area contributed by atoms with E-state index in [1.807, 2.05) is 12.1 Å². The molecule has 0 N–H and O–H groups in total. The molecule has 64 valence electrons. The van der Waals surface area contributed by atoms with Crippen LogP contribution in [0.2, 0.25) is 0 Å². The third-order valence-electron chi connectivity index (χ3n) is 2.65. The van der Waals surface area contributed by atoms with Gasteiger partial charge in [-0.2, -0.15) is 0 Å². The first-order valence-corrected chi connectivity index (χ1v) is 4.45. The number of hydrogen-bond acceptors (Lipinski definition) is 1. The van der Waals surface area contributed by atoms with Crippen molar-refractivity contribution in [1.82, 2.24) is 0 Å². The first-order chi connectivity index (χ1) is 5.81. The van der Waals surface area contributed by atoms with Gasteiger partial charge >= 0.3 is 0 Å². The second-order valence-electron chi connectivity index (χ2n) is 3.59. The summed E-state index contributed by atoms with van der Waals surface area (Å²) < 4.78 is 5.10. The molecule has 0 aliphatic heterocycles. The van der Waals surface area contributed by atoms with Gasteiger partial charge in [0, 0.05) is 0 Å². The summed E-state index contributed by atoms with van der Waals surface area (Å²) in [5.41, 5.74) is 1.46. The largest absolute Gasteiger partial charge is 0.497 e. The van der Waals surface area contributed by atoms with Crippen LogP contribution in [0.25, 0.3) is 0 Å². The van der Waals surface area contributed by atoms with Crippen molar-refractivity contribution in [3.8, 4) is 5.75 Å². The predicted octanol–water partition coefficient (Wildman–Crippen LogP) is 2.82. The minimum absolute atomic E-state index is 0.816. The summed E-state index contributed by atoms with van der Waals surface area (Å²) in [7, 11) is 1.70. The minimum Gasteiger partial charge on any atom is -0.497 e. The van der Waals surface area contributed by atoms with Crippen LogP contribution in [0.5, 0.6) is 5.75 Å². The molecule has 0 aromatic heterocycles. The van der Waals surface area contributed by atoms with E-state index in [4.69, 9.17) is 4.74 Å². The average molecular weight is 162 g/mol. The Labute approximate surface area is 73.4 Å². The predicted molar refractivity (Wildman–Crippen MR) is 49.5 cm³/mol. The molecule has 0 unspecified atom stereocenters. The molecule has 0 bridgehead atoms. The molecule has 2 rings (SSSR count). The van der Waals surface area contributed by atoms with Crippen molar-refractivity contribution >= 4 is 0 Å². The summed E-state index contributed by atoms with van der Waals surface area (Å²) in [4.78, 5) is 0. The molecule has 12 heavy (non-hydrogen) atoms. The summed E-state index contributed by atoms with van der Waals surface area (Å²) >= 11 is 0. The monoisotopic (exact) mass is 162 g/mol. The molecule has 1 aliphatic rings. The average Bonchev–Trinajstić information content (AvgIpc) is 2.83. The van der Waals surface area contributed by atoms with E-state index in [0.29, 0.717) is 0 Å². The lowest BCUT2D eigenvalue weighted by Gasteiger charge is -2.01. The minimum atomic E-state index is 0.816. The smallest absolute Gasteiger partial charge is 0.118 e. The molecule has 1 aromatic rings. The lowest BCUT2D eigenvalue weighted by molar-refractivity contribution is 0.414. The topological polar surface area (TPSA) is 9.23 Å². The van der Waals surface area contributed by atoms with Gasteiger partial charge in [0.25, 0.3) is 0 Å². The molecule has 0 saturated heterocycles. The van der Waals surface area contributed by atoms with E-state index in [0.717, 1.165) is 17.6 Å².